The quantitative estimate of drug-likeness (QED) is 0.0895. The zero-order valence-electron chi connectivity index (χ0n) is 20.5. The maximum Gasteiger partial charge on any atom is 0.311 e. The molecule has 32 heavy (non-hydrogen) atoms. The SMILES string of the molecule is CC(C)(CCCCCCBr)C(=O)OCCCCCCCCCCO[C@@H]1CN[C@H](C(O)O)C1. The Bertz CT molecular complexity index is 475. The number of carbonyl (C=O) groups is 1. The van der Waals surface area contributed by atoms with Gasteiger partial charge in [0.1, 0.15) is 0 Å². The summed E-state index contributed by atoms with van der Waals surface area (Å²) in [5, 5.41) is 22.4. The van der Waals surface area contributed by atoms with Crippen molar-refractivity contribution in [2.75, 3.05) is 25.1 Å². The number of ether oxygens (including phenoxy) is 2. The number of carbonyl (C=O) groups excluding carboxylic acids is 1. The number of aliphatic hydroxyl groups excluding tert-OH is 1. The van der Waals surface area contributed by atoms with Gasteiger partial charge < -0.3 is 25.0 Å². The van der Waals surface area contributed by atoms with Crippen LogP contribution in [0, 0.1) is 5.41 Å². The lowest BCUT2D eigenvalue weighted by molar-refractivity contribution is -0.154. The van der Waals surface area contributed by atoms with Crippen LogP contribution in [-0.4, -0.2) is 59.7 Å². The second-order valence-corrected chi connectivity index (χ2v) is 10.7. The molecule has 6 nitrogen and oxygen atoms in total. The summed E-state index contributed by atoms with van der Waals surface area (Å²) < 4.78 is 11.3. The van der Waals surface area contributed by atoms with Crippen molar-refractivity contribution in [3.63, 3.8) is 0 Å². The Hall–Kier alpha value is -0.210. The van der Waals surface area contributed by atoms with Gasteiger partial charge in [0.25, 0.3) is 0 Å². The molecular formula is C25H48BrNO5. The minimum atomic E-state index is -1.30. The average Bonchev–Trinajstić information content (AvgIpc) is 3.23. The van der Waals surface area contributed by atoms with Crippen LogP contribution in [0.3, 0.4) is 0 Å². The first-order chi connectivity index (χ1) is 15.4. The van der Waals surface area contributed by atoms with E-state index < -0.39 is 6.29 Å². The van der Waals surface area contributed by atoms with Gasteiger partial charge in [-0.25, -0.2) is 0 Å². The number of nitrogens with one attached hydrogen (secondary N) is 1. The number of rotatable bonds is 20. The highest BCUT2D eigenvalue weighted by atomic mass is 79.9. The molecule has 1 rings (SSSR count). The van der Waals surface area contributed by atoms with Gasteiger partial charge in [-0.3, -0.25) is 4.79 Å². The van der Waals surface area contributed by atoms with Crippen molar-refractivity contribution in [2.45, 2.75) is 122 Å². The summed E-state index contributed by atoms with van der Waals surface area (Å²) in [5.74, 6) is -0.0448. The minimum Gasteiger partial charge on any atom is -0.465 e. The molecule has 0 aliphatic carbocycles. The Kier molecular flexibility index (Phi) is 16.9. The molecule has 0 amide bonds. The molecule has 0 bridgehead atoms. The predicted molar refractivity (Wildman–Crippen MR) is 133 cm³/mol. The van der Waals surface area contributed by atoms with E-state index in [9.17, 15) is 4.79 Å². The fourth-order valence-electron chi connectivity index (χ4n) is 4.08. The highest BCUT2D eigenvalue weighted by molar-refractivity contribution is 9.09. The van der Waals surface area contributed by atoms with Crippen LogP contribution >= 0.6 is 15.9 Å². The molecule has 0 saturated carbocycles. The summed E-state index contributed by atoms with van der Waals surface area (Å²) in [7, 11) is 0. The van der Waals surface area contributed by atoms with Gasteiger partial charge in [-0.05, 0) is 46.0 Å². The van der Waals surface area contributed by atoms with Crippen molar-refractivity contribution in [1.82, 2.24) is 5.32 Å². The number of aliphatic hydroxyl groups is 2. The molecule has 1 aliphatic rings. The van der Waals surface area contributed by atoms with Gasteiger partial charge in [0.2, 0.25) is 0 Å². The van der Waals surface area contributed by atoms with E-state index in [1.165, 1.54) is 51.4 Å². The summed E-state index contributed by atoms with van der Waals surface area (Å²) in [6.45, 7) is 6.01. The van der Waals surface area contributed by atoms with Gasteiger partial charge in [-0.15, -0.1) is 0 Å². The van der Waals surface area contributed by atoms with Gasteiger partial charge in [-0.1, -0.05) is 73.7 Å². The summed E-state index contributed by atoms with van der Waals surface area (Å²) in [6, 6.07) is -0.256. The molecule has 0 aromatic carbocycles. The lowest BCUT2D eigenvalue weighted by atomic mass is 9.87. The predicted octanol–water partition coefficient (Wildman–Crippen LogP) is 5.08. The normalized spacial score (nSPS) is 19.1. The van der Waals surface area contributed by atoms with Crippen molar-refractivity contribution in [2.24, 2.45) is 5.41 Å². The molecule has 190 valence electrons. The first-order valence-corrected chi connectivity index (χ1v) is 13.9. The highest BCUT2D eigenvalue weighted by Gasteiger charge is 2.29. The Morgan fingerprint density at radius 2 is 1.50 bits per heavy atom. The van der Waals surface area contributed by atoms with Crippen LogP contribution in [-0.2, 0) is 14.3 Å². The number of esters is 1. The number of unbranched alkanes of at least 4 members (excludes halogenated alkanes) is 10. The van der Waals surface area contributed by atoms with Crippen LogP contribution in [0.25, 0.3) is 0 Å². The average molecular weight is 523 g/mol. The molecule has 1 fully saturated rings. The van der Waals surface area contributed by atoms with Crippen LogP contribution in [0.1, 0.15) is 104 Å². The molecule has 0 spiro atoms. The number of hydrogen-bond donors (Lipinski definition) is 3. The van der Waals surface area contributed by atoms with Crippen molar-refractivity contribution < 1.29 is 24.5 Å². The third-order valence-electron chi connectivity index (χ3n) is 6.35. The second-order valence-electron chi connectivity index (χ2n) is 9.86. The molecule has 0 aromatic heterocycles. The van der Waals surface area contributed by atoms with E-state index >= 15 is 0 Å². The Morgan fingerprint density at radius 3 is 2.09 bits per heavy atom. The largest absolute Gasteiger partial charge is 0.465 e. The molecule has 1 saturated heterocycles. The van der Waals surface area contributed by atoms with Crippen molar-refractivity contribution in [3.05, 3.63) is 0 Å². The van der Waals surface area contributed by atoms with E-state index in [4.69, 9.17) is 19.7 Å². The second kappa shape index (κ2) is 18.2. The monoisotopic (exact) mass is 521 g/mol. The van der Waals surface area contributed by atoms with Gasteiger partial charge in [-0.2, -0.15) is 0 Å². The molecule has 1 aliphatic heterocycles. The smallest absolute Gasteiger partial charge is 0.311 e. The van der Waals surface area contributed by atoms with E-state index in [0.717, 1.165) is 44.0 Å². The summed E-state index contributed by atoms with van der Waals surface area (Å²) in [5.41, 5.74) is -0.367. The molecule has 2 atom stereocenters. The van der Waals surface area contributed by atoms with Crippen LogP contribution in [0.5, 0.6) is 0 Å². The van der Waals surface area contributed by atoms with Crippen molar-refractivity contribution in [3.8, 4) is 0 Å². The topological polar surface area (TPSA) is 88.0 Å². The fourth-order valence-corrected chi connectivity index (χ4v) is 4.48. The third kappa shape index (κ3) is 14.1. The molecule has 7 heteroatoms. The Labute approximate surface area is 204 Å². The minimum absolute atomic E-state index is 0.0448. The van der Waals surface area contributed by atoms with Crippen LogP contribution in [0.4, 0.5) is 0 Å². The molecule has 0 radical (unpaired) electrons. The summed E-state index contributed by atoms with van der Waals surface area (Å²) >= 11 is 3.45. The zero-order chi connectivity index (χ0) is 23.7. The molecule has 3 N–H and O–H groups in total. The third-order valence-corrected chi connectivity index (χ3v) is 6.91. The van der Waals surface area contributed by atoms with Crippen molar-refractivity contribution in [1.29, 1.82) is 0 Å². The van der Waals surface area contributed by atoms with E-state index in [1.54, 1.807) is 0 Å². The maximum atomic E-state index is 12.3. The van der Waals surface area contributed by atoms with E-state index in [2.05, 4.69) is 21.2 Å². The lowest BCUT2D eigenvalue weighted by Crippen LogP contribution is -2.34. The van der Waals surface area contributed by atoms with Gasteiger partial charge in [0, 0.05) is 18.5 Å². The molecule has 0 unspecified atom stereocenters. The first-order valence-electron chi connectivity index (χ1n) is 12.8. The zero-order valence-corrected chi connectivity index (χ0v) is 22.0. The van der Waals surface area contributed by atoms with Gasteiger partial charge in [0.05, 0.1) is 24.2 Å². The van der Waals surface area contributed by atoms with Crippen LogP contribution in [0.15, 0.2) is 0 Å². The van der Waals surface area contributed by atoms with Crippen LogP contribution < -0.4 is 5.32 Å². The van der Waals surface area contributed by atoms with Crippen LogP contribution in [0.2, 0.25) is 0 Å². The Morgan fingerprint density at radius 1 is 0.938 bits per heavy atom. The first kappa shape index (κ1) is 29.8. The molecule has 1 heterocycles. The molecular weight excluding hydrogens is 474 g/mol. The van der Waals surface area contributed by atoms with Gasteiger partial charge >= 0.3 is 5.97 Å². The number of hydrogen-bond acceptors (Lipinski definition) is 6. The summed E-state index contributed by atoms with van der Waals surface area (Å²) in [6.07, 6.45) is 14.3. The maximum absolute atomic E-state index is 12.3. The molecule has 0 aromatic rings. The lowest BCUT2D eigenvalue weighted by Gasteiger charge is -2.22. The highest BCUT2D eigenvalue weighted by Crippen LogP contribution is 2.26. The number of halogens is 1. The van der Waals surface area contributed by atoms with E-state index in [-0.39, 0.29) is 23.5 Å². The Balaban J connectivity index is 1.87. The van der Waals surface area contributed by atoms with Gasteiger partial charge in [0.15, 0.2) is 6.29 Å². The van der Waals surface area contributed by atoms with E-state index in [1.807, 2.05) is 13.8 Å². The number of alkyl halides is 1. The standard InChI is InChI=1S/C25H48BrNO5/c1-25(2,15-11-7-8-12-16-26)24(30)32-18-14-10-6-4-3-5-9-13-17-31-21-19-22(23(28)29)27-20-21/h21-23,27-29H,3-20H2,1-2H3/t21-,22-/m0/s1. The summed E-state index contributed by atoms with van der Waals surface area (Å²) in [4.78, 5) is 12.3. The van der Waals surface area contributed by atoms with E-state index in [0.29, 0.717) is 19.6 Å². The van der Waals surface area contributed by atoms with Crippen molar-refractivity contribution >= 4 is 21.9 Å². The fraction of sp³-hybridized carbons (Fsp3) is 0.960.